The molecule has 0 aromatic rings. The smallest absolute Gasteiger partial charge is 0.282 e. The highest BCUT2D eigenvalue weighted by atomic mass is 32.1. The maximum Gasteiger partial charge on any atom is 0.282 e. The molecule has 0 spiro atoms. The summed E-state index contributed by atoms with van der Waals surface area (Å²) >= 11 is 4.24. The Hall–Kier alpha value is 0.447. The second-order valence-corrected chi connectivity index (χ2v) is 7.27. The van der Waals surface area contributed by atoms with E-state index < -0.39 is 5.97 Å². The van der Waals surface area contributed by atoms with Crippen molar-refractivity contribution in [2.45, 2.75) is 83.8 Å². The summed E-state index contributed by atoms with van der Waals surface area (Å²) in [5, 5.41) is 0. The van der Waals surface area contributed by atoms with E-state index in [2.05, 4.69) is 12.6 Å². The highest BCUT2D eigenvalue weighted by Gasteiger charge is 2.31. The highest BCUT2D eigenvalue weighted by molar-refractivity contribution is 7.80. The molecule has 0 atom stereocenters. The first-order valence-electron chi connectivity index (χ1n) is 8.98. The second-order valence-electron chi connectivity index (χ2n) is 5.33. The molecule has 0 saturated carbocycles. The van der Waals surface area contributed by atoms with Gasteiger partial charge in [-0.3, -0.25) is 0 Å². The lowest BCUT2D eigenvalue weighted by Gasteiger charge is -2.32. The summed E-state index contributed by atoms with van der Waals surface area (Å²) in [5.74, 6) is 0.223. The fourth-order valence-electron chi connectivity index (χ4n) is 2.45. The first-order chi connectivity index (χ1) is 10.7. The van der Waals surface area contributed by atoms with E-state index in [0.717, 1.165) is 28.1 Å². The molecule has 0 amide bonds. The third-order valence-electron chi connectivity index (χ3n) is 3.44. The van der Waals surface area contributed by atoms with Crippen LogP contribution in [0.15, 0.2) is 0 Å². The average Bonchev–Trinajstić information content (AvgIpc) is 2.50. The van der Waals surface area contributed by atoms with Gasteiger partial charge in [0.2, 0.25) is 0 Å². The van der Waals surface area contributed by atoms with E-state index in [1.54, 1.807) is 0 Å². The number of hydrogen-bond donors (Lipinski definition) is 1. The molecule has 3 nitrogen and oxygen atoms in total. The van der Waals surface area contributed by atoms with Gasteiger partial charge in [-0.2, -0.15) is 12.6 Å². The molecule has 0 rings (SSSR count). The SMILES string of the molecule is CCOC(CCCCCCC[Si]CCCS)(OCC)OCC. The van der Waals surface area contributed by atoms with Crippen molar-refractivity contribution in [1.82, 2.24) is 0 Å². The summed E-state index contributed by atoms with van der Waals surface area (Å²) in [4.78, 5) is 0. The van der Waals surface area contributed by atoms with Gasteiger partial charge in [0.15, 0.2) is 0 Å². The van der Waals surface area contributed by atoms with Crippen molar-refractivity contribution in [2.75, 3.05) is 25.6 Å². The molecular weight excluding hydrogens is 312 g/mol. The number of ether oxygens (including phenoxy) is 3. The lowest BCUT2D eigenvalue weighted by molar-refractivity contribution is -0.380. The summed E-state index contributed by atoms with van der Waals surface area (Å²) in [6.07, 6.45) is 8.45. The molecule has 0 aromatic heterocycles. The standard InChI is InChI=1S/C17H36O3SSi/c1-4-18-17(19-5-2,20-6-3)13-10-8-7-9-11-15-22-16-12-14-21/h21H,4-16H2,1-3H3. The van der Waals surface area contributed by atoms with Crippen LogP contribution < -0.4 is 0 Å². The Labute approximate surface area is 146 Å². The summed E-state index contributed by atoms with van der Waals surface area (Å²) in [6.45, 7) is 7.82. The van der Waals surface area contributed by atoms with Gasteiger partial charge < -0.3 is 14.2 Å². The van der Waals surface area contributed by atoms with Crippen LogP contribution in [0.4, 0.5) is 0 Å². The van der Waals surface area contributed by atoms with Gasteiger partial charge in [-0.15, -0.1) is 0 Å². The van der Waals surface area contributed by atoms with E-state index in [4.69, 9.17) is 14.2 Å². The minimum absolute atomic E-state index is 0.618. The van der Waals surface area contributed by atoms with Crippen LogP contribution in [0, 0.1) is 0 Å². The molecule has 0 aromatic carbocycles. The Morgan fingerprint density at radius 2 is 1.23 bits per heavy atom. The minimum atomic E-state index is -0.813. The molecule has 132 valence electrons. The van der Waals surface area contributed by atoms with E-state index >= 15 is 0 Å². The molecule has 22 heavy (non-hydrogen) atoms. The largest absolute Gasteiger partial charge is 0.328 e. The monoisotopic (exact) mass is 348 g/mol. The third-order valence-corrected chi connectivity index (χ3v) is 5.17. The molecule has 0 aliphatic heterocycles. The predicted octanol–water partition coefficient (Wildman–Crippen LogP) is 4.95. The van der Waals surface area contributed by atoms with Crippen molar-refractivity contribution in [2.24, 2.45) is 0 Å². The molecular formula is C17H36O3SSi. The van der Waals surface area contributed by atoms with E-state index in [0.29, 0.717) is 19.8 Å². The first kappa shape index (κ1) is 22.4. The fraction of sp³-hybridized carbons (Fsp3) is 1.00. The van der Waals surface area contributed by atoms with Crippen molar-refractivity contribution in [3.8, 4) is 0 Å². The second kappa shape index (κ2) is 16.3. The highest BCUT2D eigenvalue weighted by Crippen LogP contribution is 2.24. The molecule has 0 aliphatic rings. The molecule has 0 aliphatic carbocycles. The molecule has 0 bridgehead atoms. The number of hydrogen-bond acceptors (Lipinski definition) is 4. The van der Waals surface area contributed by atoms with E-state index in [1.807, 2.05) is 20.8 Å². The van der Waals surface area contributed by atoms with Crippen LogP contribution >= 0.6 is 12.6 Å². The van der Waals surface area contributed by atoms with Crippen LogP contribution in [0.3, 0.4) is 0 Å². The maximum absolute atomic E-state index is 5.74. The van der Waals surface area contributed by atoms with Gasteiger partial charge in [-0.25, -0.2) is 0 Å². The molecule has 0 fully saturated rings. The Morgan fingerprint density at radius 1 is 0.727 bits per heavy atom. The molecule has 0 heterocycles. The maximum atomic E-state index is 5.74. The summed E-state index contributed by atoms with van der Waals surface area (Å²) in [6, 6.07) is 2.76. The zero-order chi connectivity index (χ0) is 16.5. The van der Waals surface area contributed by atoms with Crippen LogP contribution in [0.1, 0.15) is 65.7 Å². The third kappa shape index (κ3) is 11.9. The van der Waals surface area contributed by atoms with Gasteiger partial charge in [-0.05, 0) is 39.4 Å². The lowest BCUT2D eigenvalue weighted by Crippen LogP contribution is -2.39. The van der Waals surface area contributed by atoms with Crippen LogP contribution in [0.2, 0.25) is 12.1 Å². The predicted molar refractivity (Wildman–Crippen MR) is 99.1 cm³/mol. The topological polar surface area (TPSA) is 27.7 Å². The van der Waals surface area contributed by atoms with Gasteiger partial charge in [0, 0.05) is 35.8 Å². The van der Waals surface area contributed by atoms with Crippen molar-refractivity contribution < 1.29 is 14.2 Å². The normalized spacial score (nSPS) is 12.0. The van der Waals surface area contributed by atoms with Crippen LogP contribution in [0.25, 0.3) is 0 Å². The van der Waals surface area contributed by atoms with Crippen molar-refractivity contribution in [3.05, 3.63) is 0 Å². The van der Waals surface area contributed by atoms with E-state index in [1.165, 1.54) is 44.2 Å². The van der Waals surface area contributed by atoms with E-state index in [9.17, 15) is 0 Å². The summed E-state index contributed by atoms with van der Waals surface area (Å²) < 4.78 is 17.2. The van der Waals surface area contributed by atoms with Gasteiger partial charge in [-0.1, -0.05) is 37.8 Å². The quantitative estimate of drug-likeness (QED) is 0.174. The van der Waals surface area contributed by atoms with Crippen molar-refractivity contribution in [3.63, 3.8) is 0 Å². The van der Waals surface area contributed by atoms with Crippen LogP contribution in [-0.2, 0) is 14.2 Å². The van der Waals surface area contributed by atoms with E-state index in [-0.39, 0.29) is 0 Å². The molecule has 2 radical (unpaired) electrons. The fourth-order valence-corrected chi connectivity index (χ4v) is 4.08. The molecule has 0 unspecified atom stereocenters. The number of thiol groups is 1. The van der Waals surface area contributed by atoms with Crippen LogP contribution in [-0.4, -0.2) is 41.1 Å². The minimum Gasteiger partial charge on any atom is -0.328 e. The summed E-state index contributed by atoms with van der Waals surface area (Å²) in [7, 11) is 1.13. The zero-order valence-corrected chi connectivity index (χ0v) is 16.8. The van der Waals surface area contributed by atoms with Crippen molar-refractivity contribution >= 4 is 22.1 Å². The first-order valence-corrected chi connectivity index (χ1v) is 11.0. The molecule has 0 saturated heterocycles. The number of rotatable bonds is 17. The van der Waals surface area contributed by atoms with Gasteiger partial charge in [0.1, 0.15) is 0 Å². The zero-order valence-electron chi connectivity index (χ0n) is 14.9. The Morgan fingerprint density at radius 3 is 1.77 bits per heavy atom. The van der Waals surface area contributed by atoms with Gasteiger partial charge in [0.05, 0.1) is 0 Å². The van der Waals surface area contributed by atoms with Crippen LogP contribution in [0.5, 0.6) is 0 Å². The Kier molecular flexibility index (Phi) is 16.6. The number of unbranched alkanes of at least 4 members (excludes halogenated alkanes) is 4. The Bertz CT molecular complexity index is 213. The van der Waals surface area contributed by atoms with Crippen molar-refractivity contribution in [1.29, 1.82) is 0 Å². The van der Waals surface area contributed by atoms with Gasteiger partial charge in [0.25, 0.3) is 5.97 Å². The molecule has 5 heteroatoms. The Balaban J connectivity index is 3.70. The lowest BCUT2D eigenvalue weighted by atomic mass is 10.1. The average molecular weight is 349 g/mol. The van der Waals surface area contributed by atoms with Gasteiger partial charge >= 0.3 is 0 Å². The summed E-state index contributed by atoms with van der Waals surface area (Å²) in [5.41, 5.74) is 0. The molecule has 0 N–H and O–H groups in total.